The van der Waals surface area contributed by atoms with Gasteiger partial charge in [0.05, 0.1) is 62.3 Å². The Morgan fingerprint density at radius 1 is 0.369 bits per heavy atom. The maximum Gasteiger partial charge on any atom is 0.504 e. The quantitative estimate of drug-likeness (QED) is 0.109. The molecule has 0 radical (unpaired) electrons. The highest BCUT2D eigenvalue weighted by Crippen LogP contribution is 2.54. The first kappa shape index (κ1) is 42.5. The highest BCUT2D eigenvalue weighted by molar-refractivity contribution is 6.09. The van der Waals surface area contributed by atoms with Crippen LogP contribution in [0.2, 0.25) is 0 Å². The highest BCUT2D eigenvalue weighted by atomic mass is 16.5. The Hall–Kier alpha value is -11.3. The third kappa shape index (κ3) is 4.29. The van der Waals surface area contributed by atoms with Crippen molar-refractivity contribution < 1.29 is 41.6 Å². The molecule has 84 heavy (non-hydrogen) atoms. The second-order valence-electron chi connectivity index (χ2n) is 23.2. The molecule has 0 bridgehead atoms. The Morgan fingerprint density at radius 3 is 1.35 bits per heavy atom. The van der Waals surface area contributed by atoms with Gasteiger partial charge in [-0.15, -0.1) is 27.7 Å². The summed E-state index contributed by atoms with van der Waals surface area (Å²) in [5.41, 5.74) is 18.6. The molecule has 20 heterocycles. The van der Waals surface area contributed by atoms with Crippen LogP contribution in [0.25, 0.3) is 99.5 Å². The molecule has 0 fully saturated rings. The first-order valence-corrected chi connectivity index (χ1v) is 28.2. The van der Waals surface area contributed by atoms with E-state index in [0.29, 0.717) is 0 Å². The zero-order valence-electron chi connectivity index (χ0n) is 44.9. The standard InChI is InChI=1S/C23H14N4O.2C22H13N5O/c1-13-12-17-16-5-2-6-19-26(16)23(27(17)24-13)21-18(28-19)10-9-14-7-8-15-4-3-11-25(23)22(15)20(14)21;1-12-10-16-15-5-2-6-18-26(15)22(27(16)24-12)20-17(28-18)8-7-13-11-23-14-4-3-9-25(22)21(14)19(13)20;1-12-10-16-15-5-2-6-18-26(15)22(27(16)24-12)20-17(28-18)8-7-14-19(20)21-13(11-23-14)4-3-9-25(21)22/h2-12H,1H3;2*2-11H,1H3/q3*+2. The molecule has 24 rings (SSSR count). The van der Waals surface area contributed by atoms with Gasteiger partial charge in [0.25, 0.3) is 0 Å². The molecular weight excluding hydrogens is 1050 g/mol. The first-order valence-electron chi connectivity index (χ1n) is 28.2. The summed E-state index contributed by atoms with van der Waals surface area (Å²) in [4.78, 5) is 9.45. The zero-order valence-corrected chi connectivity index (χ0v) is 44.9. The van der Waals surface area contributed by atoms with Gasteiger partial charge >= 0.3 is 35.0 Å². The number of rotatable bonds is 0. The van der Waals surface area contributed by atoms with Crippen LogP contribution in [0.15, 0.2) is 189 Å². The number of ether oxygens (including phenoxy) is 3. The van der Waals surface area contributed by atoms with E-state index in [2.05, 4.69) is 182 Å². The lowest BCUT2D eigenvalue weighted by Gasteiger charge is -2.23. The van der Waals surface area contributed by atoms with E-state index >= 15 is 0 Å². The zero-order chi connectivity index (χ0) is 54.6. The Morgan fingerprint density at radius 2 is 0.786 bits per heavy atom. The van der Waals surface area contributed by atoms with Gasteiger partial charge in [-0.2, -0.15) is 15.3 Å². The van der Waals surface area contributed by atoms with Crippen LogP contribution in [0, 0.1) is 20.8 Å². The van der Waals surface area contributed by atoms with Gasteiger partial charge in [-0.3, -0.25) is 4.98 Å². The van der Waals surface area contributed by atoms with Crippen LogP contribution in [0.1, 0.15) is 33.8 Å². The van der Waals surface area contributed by atoms with Crippen LogP contribution < -0.4 is 41.6 Å². The van der Waals surface area contributed by atoms with Crippen LogP contribution >= 0.6 is 0 Å². The average Bonchev–Trinajstić information content (AvgIpc) is 1.51. The minimum Gasteiger partial charge on any atom is -0.404 e. The summed E-state index contributed by atoms with van der Waals surface area (Å²) in [7, 11) is 0. The van der Waals surface area contributed by atoms with E-state index in [0.717, 1.165) is 130 Å². The third-order valence-electron chi connectivity index (χ3n) is 19.0. The molecule has 3 unspecified atom stereocenters. The van der Waals surface area contributed by atoms with E-state index in [4.69, 9.17) is 39.5 Å². The summed E-state index contributed by atoms with van der Waals surface area (Å²) in [6, 6.07) is 54.7. The molecule has 4 aromatic carbocycles. The van der Waals surface area contributed by atoms with Crippen LogP contribution in [0.3, 0.4) is 0 Å². The number of benzene rings is 4. The molecule has 390 valence electrons. The van der Waals surface area contributed by atoms with Crippen LogP contribution in [-0.4, -0.2) is 39.3 Å². The molecule has 0 saturated heterocycles. The summed E-state index contributed by atoms with van der Waals surface area (Å²) in [6.45, 7) is 6.15. The van der Waals surface area contributed by atoms with Crippen LogP contribution in [-0.2, 0) is 17.4 Å². The van der Waals surface area contributed by atoms with Crippen molar-refractivity contribution in [3.05, 3.63) is 222 Å². The first-order chi connectivity index (χ1) is 41.3. The summed E-state index contributed by atoms with van der Waals surface area (Å²) in [6.07, 6.45) is 10.4. The maximum absolute atomic E-state index is 6.42. The van der Waals surface area contributed by atoms with Crippen molar-refractivity contribution in [1.82, 2.24) is 39.3 Å². The number of nitrogens with zero attached hydrogens (tertiary/aromatic N) is 14. The molecule has 9 aliphatic rings. The summed E-state index contributed by atoms with van der Waals surface area (Å²) >= 11 is 0. The molecule has 0 amide bonds. The molecule has 15 aromatic rings. The maximum atomic E-state index is 6.42. The van der Waals surface area contributed by atoms with Crippen molar-refractivity contribution in [3.8, 4) is 69.1 Å². The minimum atomic E-state index is -0.645. The van der Waals surface area contributed by atoms with Gasteiger partial charge in [0.15, 0.2) is 52.5 Å². The fraction of sp³-hybridized carbons (Fsp3) is 0.0896. The lowest BCUT2D eigenvalue weighted by molar-refractivity contribution is -0.970. The lowest BCUT2D eigenvalue weighted by Crippen LogP contribution is -2.75. The molecule has 3 spiro atoms. The second-order valence-corrected chi connectivity index (χ2v) is 23.2. The Balaban J connectivity index is 0.0000000856. The smallest absolute Gasteiger partial charge is 0.404 e. The van der Waals surface area contributed by atoms with E-state index in [1.165, 1.54) is 38.1 Å². The summed E-state index contributed by atoms with van der Waals surface area (Å²) < 4.78 is 39.6. The predicted octanol–water partition coefficient (Wildman–Crippen LogP) is 8.47. The number of pyridine rings is 8. The van der Waals surface area contributed by atoms with Crippen molar-refractivity contribution in [2.45, 2.75) is 38.1 Å². The molecule has 17 heteroatoms. The van der Waals surface area contributed by atoms with Gasteiger partial charge in [-0.05, 0) is 117 Å². The van der Waals surface area contributed by atoms with E-state index < -0.39 is 17.4 Å². The fourth-order valence-electron chi connectivity index (χ4n) is 16.3. The van der Waals surface area contributed by atoms with Crippen LogP contribution in [0.5, 0.6) is 34.9 Å². The van der Waals surface area contributed by atoms with Gasteiger partial charge in [0.1, 0.15) is 22.6 Å². The van der Waals surface area contributed by atoms with E-state index in [1.54, 1.807) is 0 Å². The van der Waals surface area contributed by atoms with Gasteiger partial charge in [-0.1, -0.05) is 25.8 Å². The van der Waals surface area contributed by atoms with Gasteiger partial charge in [-0.25, -0.2) is 4.98 Å². The number of hydrogen-bond donors (Lipinski definition) is 0. The molecule has 0 aliphatic carbocycles. The molecule has 0 saturated carbocycles. The Bertz CT molecular complexity index is 5260. The number of aromatic nitrogens is 14. The normalized spacial score (nSPS) is 19.3. The number of aryl methyl sites for hydroxylation is 3. The molecule has 0 N–H and O–H groups in total. The van der Waals surface area contributed by atoms with E-state index in [1.807, 2.05) is 68.7 Å². The van der Waals surface area contributed by atoms with Gasteiger partial charge in [0, 0.05) is 59.6 Å². The Labute approximate surface area is 473 Å². The topological polar surface area (TPSA) is 130 Å². The summed E-state index contributed by atoms with van der Waals surface area (Å²) in [5, 5.41) is 23.2. The van der Waals surface area contributed by atoms with E-state index in [-0.39, 0.29) is 0 Å². The van der Waals surface area contributed by atoms with E-state index in [9.17, 15) is 0 Å². The number of hydrogen-bond acceptors (Lipinski definition) is 8. The van der Waals surface area contributed by atoms with Crippen molar-refractivity contribution in [1.29, 1.82) is 0 Å². The average molecular weight is 1090 g/mol. The summed E-state index contributed by atoms with van der Waals surface area (Å²) in [5.74, 6) is 3.22. The van der Waals surface area contributed by atoms with Gasteiger partial charge in [0.2, 0.25) is 33.6 Å². The van der Waals surface area contributed by atoms with Gasteiger partial charge < -0.3 is 14.2 Å². The largest absolute Gasteiger partial charge is 0.504 e. The molecule has 9 aliphatic heterocycles. The van der Waals surface area contributed by atoms with Crippen molar-refractivity contribution in [3.63, 3.8) is 0 Å². The molecule has 17 nitrogen and oxygen atoms in total. The SMILES string of the molecule is Cc1cc2n(n1)C13c4c(ccc5ccc6ccc[n+]1c6c45)Oc1cccc-2[n+]13.Cc1cc2n(n1)C13c4c(ccc5cnc6ccc[n+]1c6c45)Oc1cccc-2[n+]13.Cc1cc2n(n1)C13c4c(ccc5ncc6ccc[n+]1c6c45)Oc1cccc-2[n+]13. The minimum absolute atomic E-state index is 0.605. The Kier molecular flexibility index (Phi) is 6.85. The monoisotopic (exact) mass is 1090 g/mol. The fourth-order valence-corrected chi connectivity index (χ4v) is 16.3. The van der Waals surface area contributed by atoms with Crippen LogP contribution in [0.4, 0.5) is 0 Å². The highest BCUT2D eigenvalue weighted by Gasteiger charge is 2.75. The molecular formula is C67H40N14O3+6. The third-order valence-corrected chi connectivity index (χ3v) is 19.0. The predicted molar refractivity (Wildman–Crippen MR) is 302 cm³/mol. The van der Waals surface area contributed by atoms with Crippen molar-refractivity contribution in [2.75, 3.05) is 0 Å². The molecule has 11 aromatic heterocycles. The lowest BCUT2D eigenvalue weighted by atomic mass is 9.98. The second kappa shape index (κ2) is 13.5. The van der Waals surface area contributed by atoms with Crippen molar-refractivity contribution >= 4 is 65.3 Å². The molecule has 3 atom stereocenters. The van der Waals surface area contributed by atoms with Crippen molar-refractivity contribution in [2.24, 2.45) is 0 Å². The number of fused-ring (bicyclic) bond motifs is 6.